The van der Waals surface area contributed by atoms with Gasteiger partial charge in [-0.2, -0.15) is 0 Å². The van der Waals surface area contributed by atoms with E-state index in [0.29, 0.717) is 29.9 Å². The van der Waals surface area contributed by atoms with Crippen molar-refractivity contribution in [2.75, 3.05) is 52.0 Å². The fraction of sp³-hybridized carbons (Fsp3) is 0.667. The highest BCUT2D eigenvalue weighted by Gasteiger charge is 2.31. The molecule has 0 bridgehead atoms. The summed E-state index contributed by atoms with van der Waals surface area (Å²) in [6.07, 6.45) is 2.44. The first-order chi connectivity index (χ1) is 15.4. The number of hydrogen-bond donors (Lipinski definition) is 1. The SMILES string of the molecule is COCC(COC)n1c(NS(=O)(=O)[C@@H](C)Cc2ncc(Cl)cn2)nnc1[C@@H]1COCCO1. The van der Waals surface area contributed by atoms with E-state index in [4.69, 9.17) is 30.5 Å². The van der Waals surface area contributed by atoms with E-state index in [1.165, 1.54) is 12.4 Å². The van der Waals surface area contributed by atoms with Gasteiger partial charge in [0.1, 0.15) is 11.9 Å². The molecular formula is C18H27ClN6O6S. The fourth-order valence-electron chi connectivity index (χ4n) is 3.21. The summed E-state index contributed by atoms with van der Waals surface area (Å²) < 4.78 is 52.2. The van der Waals surface area contributed by atoms with Crippen LogP contribution in [0.15, 0.2) is 12.4 Å². The summed E-state index contributed by atoms with van der Waals surface area (Å²) in [7, 11) is -0.772. The maximum Gasteiger partial charge on any atom is 0.238 e. The van der Waals surface area contributed by atoms with Crippen molar-refractivity contribution in [1.82, 2.24) is 24.7 Å². The van der Waals surface area contributed by atoms with Crippen molar-refractivity contribution in [2.45, 2.75) is 30.7 Å². The van der Waals surface area contributed by atoms with Crippen molar-refractivity contribution in [3.05, 3.63) is 29.1 Å². The second-order valence-electron chi connectivity index (χ2n) is 7.23. The smallest absolute Gasteiger partial charge is 0.238 e. The largest absolute Gasteiger partial charge is 0.382 e. The molecule has 0 radical (unpaired) electrons. The molecule has 1 N–H and O–H groups in total. The first-order valence-corrected chi connectivity index (χ1v) is 11.9. The summed E-state index contributed by atoms with van der Waals surface area (Å²) in [6.45, 7) is 3.21. The predicted molar refractivity (Wildman–Crippen MR) is 115 cm³/mol. The van der Waals surface area contributed by atoms with Gasteiger partial charge < -0.3 is 18.9 Å². The highest BCUT2D eigenvalue weighted by atomic mass is 35.5. The molecule has 1 saturated heterocycles. The molecule has 14 heteroatoms. The normalized spacial score (nSPS) is 18.1. The summed E-state index contributed by atoms with van der Waals surface area (Å²) in [6, 6.07) is -0.395. The van der Waals surface area contributed by atoms with Crippen molar-refractivity contribution >= 4 is 27.6 Å². The van der Waals surface area contributed by atoms with Crippen LogP contribution in [0, 0.1) is 0 Å². The molecule has 2 atom stereocenters. The second kappa shape index (κ2) is 11.3. The summed E-state index contributed by atoms with van der Waals surface area (Å²) >= 11 is 5.80. The number of nitrogens with one attached hydrogen (secondary N) is 1. The monoisotopic (exact) mass is 490 g/mol. The van der Waals surface area contributed by atoms with Crippen molar-refractivity contribution in [2.24, 2.45) is 0 Å². The molecule has 0 amide bonds. The Kier molecular flexibility index (Phi) is 8.73. The van der Waals surface area contributed by atoms with Gasteiger partial charge in [-0.25, -0.2) is 18.4 Å². The van der Waals surface area contributed by atoms with Crippen LogP contribution in [0.5, 0.6) is 0 Å². The molecule has 12 nitrogen and oxygen atoms in total. The Balaban J connectivity index is 1.87. The minimum absolute atomic E-state index is 0.0390. The summed E-state index contributed by atoms with van der Waals surface area (Å²) in [5.74, 6) is 0.825. The minimum Gasteiger partial charge on any atom is -0.382 e. The van der Waals surface area contributed by atoms with E-state index in [2.05, 4.69) is 24.9 Å². The van der Waals surface area contributed by atoms with Crippen molar-refractivity contribution in [3.63, 3.8) is 0 Å². The lowest BCUT2D eigenvalue weighted by atomic mass is 10.2. The number of ether oxygens (including phenoxy) is 4. The zero-order valence-electron chi connectivity index (χ0n) is 18.1. The zero-order valence-corrected chi connectivity index (χ0v) is 19.7. The highest BCUT2D eigenvalue weighted by Crippen LogP contribution is 2.27. The Hall–Kier alpha value is -1.90. The van der Waals surface area contributed by atoms with E-state index in [-0.39, 0.29) is 32.2 Å². The van der Waals surface area contributed by atoms with Gasteiger partial charge in [-0.15, -0.1) is 10.2 Å². The fourth-order valence-corrected chi connectivity index (χ4v) is 4.27. The summed E-state index contributed by atoms with van der Waals surface area (Å²) in [5.41, 5.74) is 0. The van der Waals surface area contributed by atoms with E-state index in [9.17, 15) is 8.42 Å². The molecule has 0 aromatic carbocycles. The van der Waals surface area contributed by atoms with Crippen molar-refractivity contribution < 1.29 is 27.4 Å². The van der Waals surface area contributed by atoms with Crippen LogP contribution in [0.3, 0.4) is 0 Å². The Morgan fingerprint density at radius 2 is 1.91 bits per heavy atom. The minimum atomic E-state index is -3.86. The number of nitrogens with zero attached hydrogens (tertiary/aromatic N) is 5. The third-order valence-corrected chi connectivity index (χ3v) is 6.70. The standard InChI is InChI=1S/C18H27ClN6O6S/c1-12(6-16-20-7-13(19)8-21-16)32(26,27)24-18-23-22-17(15-11-30-4-5-31-15)25(18)14(9-28-2)10-29-3/h7-8,12,14-15H,4-6,9-11H2,1-3H3,(H,23,24)/t12-,15-/m0/s1. The van der Waals surface area contributed by atoms with Crippen molar-refractivity contribution in [3.8, 4) is 0 Å². The average Bonchev–Trinajstić information content (AvgIpc) is 3.18. The first kappa shape index (κ1) is 24.7. The van der Waals surface area contributed by atoms with Crippen LogP contribution in [0.1, 0.15) is 30.7 Å². The molecule has 2 aromatic rings. The first-order valence-electron chi connectivity index (χ1n) is 9.95. The van der Waals surface area contributed by atoms with E-state index in [1.54, 1.807) is 25.7 Å². The molecule has 0 spiro atoms. The van der Waals surface area contributed by atoms with Crippen LogP contribution < -0.4 is 4.72 Å². The molecule has 0 aliphatic carbocycles. The highest BCUT2D eigenvalue weighted by molar-refractivity contribution is 7.93. The molecule has 3 heterocycles. The molecule has 0 saturated carbocycles. The number of rotatable bonds is 11. The molecule has 178 valence electrons. The zero-order chi connectivity index (χ0) is 23.1. The lowest BCUT2D eigenvalue weighted by Gasteiger charge is -2.26. The van der Waals surface area contributed by atoms with Gasteiger partial charge in [0, 0.05) is 33.0 Å². The lowest BCUT2D eigenvalue weighted by molar-refractivity contribution is -0.0957. The lowest BCUT2D eigenvalue weighted by Crippen LogP contribution is -2.32. The van der Waals surface area contributed by atoms with Crippen LogP contribution in [0.25, 0.3) is 0 Å². The molecule has 3 rings (SSSR count). The Labute approximate surface area is 191 Å². The topological polar surface area (TPSA) is 140 Å². The van der Waals surface area contributed by atoms with E-state index in [1.807, 2.05) is 0 Å². The van der Waals surface area contributed by atoms with Crippen LogP contribution in [0.4, 0.5) is 5.95 Å². The summed E-state index contributed by atoms with van der Waals surface area (Å²) in [5, 5.41) is 7.81. The predicted octanol–water partition coefficient (Wildman–Crippen LogP) is 1.02. The number of halogens is 1. The molecule has 2 aromatic heterocycles. The molecule has 1 aliphatic heterocycles. The number of aromatic nitrogens is 5. The van der Waals surface area contributed by atoms with E-state index in [0.717, 1.165) is 0 Å². The van der Waals surface area contributed by atoms with Crippen LogP contribution in [-0.4, -0.2) is 85.7 Å². The Bertz CT molecular complexity index is 961. The summed E-state index contributed by atoms with van der Waals surface area (Å²) in [4.78, 5) is 8.13. The molecular weight excluding hydrogens is 464 g/mol. The molecule has 32 heavy (non-hydrogen) atoms. The molecule has 0 unspecified atom stereocenters. The van der Waals surface area contributed by atoms with Gasteiger partial charge in [0.15, 0.2) is 5.82 Å². The third kappa shape index (κ3) is 6.11. The Morgan fingerprint density at radius 1 is 1.22 bits per heavy atom. The third-order valence-electron chi connectivity index (χ3n) is 4.82. The number of hydrogen-bond acceptors (Lipinski definition) is 10. The van der Waals surface area contributed by atoms with Crippen molar-refractivity contribution in [1.29, 1.82) is 0 Å². The maximum absolute atomic E-state index is 13.1. The average molecular weight is 491 g/mol. The van der Waals surface area contributed by atoms with E-state index < -0.39 is 27.4 Å². The van der Waals surface area contributed by atoms with Crippen LogP contribution >= 0.6 is 11.6 Å². The van der Waals surface area contributed by atoms with Gasteiger partial charge in [0.05, 0.1) is 49.3 Å². The Morgan fingerprint density at radius 3 is 2.50 bits per heavy atom. The van der Waals surface area contributed by atoms with Gasteiger partial charge in [-0.1, -0.05) is 11.6 Å². The van der Waals surface area contributed by atoms with Gasteiger partial charge in [-0.3, -0.25) is 9.29 Å². The van der Waals surface area contributed by atoms with Gasteiger partial charge in [-0.05, 0) is 6.92 Å². The van der Waals surface area contributed by atoms with Crippen LogP contribution in [-0.2, 0) is 35.4 Å². The van der Waals surface area contributed by atoms with Crippen LogP contribution in [0.2, 0.25) is 5.02 Å². The number of sulfonamides is 1. The molecule has 1 aliphatic rings. The van der Waals surface area contributed by atoms with Gasteiger partial charge in [0.25, 0.3) is 0 Å². The van der Waals surface area contributed by atoms with Gasteiger partial charge in [0.2, 0.25) is 16.0 Å². The maximum atomic E-state index is 13.1. The second-order valence-corrected chi connectivity index (χ2v) is 9.77. The van der Waals surface area contributed by atoms with E-state index >= 15 is 0 Å². The quantitative estimate of drug-likeness (QED) is 0.485. The number of methoxy groups -OCH3 is 2. The van der Waals surface area contributed by atoms with Gasteiger partial charge >= 0.3 is 0 Å². The molecule has 1 fully saturated rings. The number of anilines is 1.